The van der Waals surface area contributed by atoms with Gasteiger partial charge in [-0.15, -0.1) is 0 Å². The summed E-state index contributed by atoms with van der Waals surface area (Å²) in [5, 5.41) is 3.34. The Balaban J connectivity index is 2.40. The molecule has 0 radical (unpaired) electrons. The molecule has 2 atom stereocenters. The van der Waals surface area contributed by atoms with E-state index >= 15 is 0 Å². The van der Waals surface area contributed by atoms with Gasteiger partial charge in [0.05, 0.1) is 0 Å². The van der Waals surface area contributed by atoms with E-state index in [1.165, 1.54) is 6.92 Å². The molecule has 1 aliphatic heterocycles. The Labute approximate surface area is 154 Å². The maximum Gasteiger partial charge on any atom is 0.327 e. The van der Waals surface area contributed by atoms with Gasteiger partial charge in [-0.3, -0.25) is 9.69 Å². The predicted octanol–water partition coefficient (Wildman–Crippen LogP) is 3.21. The second-order valence-corrected chi connectivity index (χ2v) is 8.42. The number of halogens is 2. The summed E-state index contributed by atoms with van der Waals surface area (Å²) in [4.78, 5) is 15.1. The lowest BCUT2D eigenvalue weighted by Gasteiger charge is -2.44. The average molecular weight is 368 g/mol. The molecule has 0 spiro atoms. The minimum atomic E-state index is -1.08. The van der Waals surface area contributed by atoms with Gasteiger partial charge in [0.2, 0.25) is 0 Å². The van der Waals surface area contributed by atoms with Crippen LogP contribution in [-0.4, -0.2) is 47.7 Å². The van der Waals surface area contributed by atoms with Crippen LogP contribution >= 0.6 is 0 Å². The predicted molar refractivity (Wildman–Crippen MR) is 98.1 cm³/mol. The Morgan fingerprint density at radius 3 is 2.50 bits per heavy atom. The monoisotopic (exact) mass is 368 g/mol. The fraction of sp³-hybridized carbons (Fsp3) is 0.650. The van der Waals surface area contributed by atoms with Crippen LogP contribution in [0.2, 0.25) is 0 Å². The van der Waals surface area contributed by atoms with Gasteiger partial charge in [0, 0.05) is 32.1 Å². The summed E-state index contributed by atoms with van der Waals surface area (Å²) in [6, 6.07) is 3.30. The summed E-state index contributed by atoms with van der Waals surface area (Å²) in [5.74, 6) is -2.16. The van der Waals surface area contributed by atoms with Crippen LogP contribution in [0.25, 0.3) is 0 Å². The Morgan fingerprint density at radius 2 is 1.92 bits per heavy atom. The van der Waals surface area contributed by atoms with Crippen LogP contribution < -0.4 is 5.32 Å². The van der Waals surface area contributed by atoms with E-state index < -0.39 is 28.7 Å². The van der Waals surface area contributed by atoms with E-state index in [0.29, 0.717) is 13.1 Å². The highest BCUT2D eigenvalue weighted by atomic mass is 19.2. The largest absolute Gasteiger partial charge is 0.459 e. The van der Waals surface area contributed by atoms with Crippen LogP contribution in [0.3, 0.4) is 0 Å². The van der Waals surface area contributed by atoms with Gasteiger partial charge in [-0.05, 0) is 52.7 Å². The number of nitrogens with zero attached hydrogens (tertiary/aromatic N) is 1. The summed E-state index contributed by atoms with van der Waals surface area (Å²) in [6.07, 6.45) is 0.0532. The van der Waals surface area contributed by atoms with Crippen molar-refractivity contribution in [3.63, 3.8) is 0 Å². The molecule has 0 saturated carbocycles. The molecule has 1 aromatic carbocycles. The second-order valence-electron chi connectivity index (χ2n) is 8.42. The van der Waals surface area contributed by atoms with Gasteiger partial charge in [0.15, 0.2) is 11.6 Å². The molecule has 0 amide bonds. The van der Waals surface area contributed by atoms with Crippen LogP contribution in [0.5, 0.6) is 0 Å². The molecular weight excluding hydrogens is 338 g/mol. The molecule has 6 heteroatoms. The molecule has 2 rings (SSSR count). The van der Waals surface area contributed by atoms with Gasteiger partial charge >= 0.3 is 5.97 Å². The van der Waals surface area contributed by atoms with Crippen molar-refractivity contribution in [2.45, 2.75) is 65.1 Å². The topological polar surface area (TPSA) is 41.6 Å². The van der Waals surface area contributed by atoms with Gasteiger partial charge in [0.25, 0.3) is 0 Å². The first-order valence-corrected chi connectivity index (χ1v) is 9.09. The zero-order valence-corrected chi connectivity index (χ0v) is 16.6. The molecule has 1 fully saturated rings. The molecule has 1 aromatic rings. The fourth-order valence-corrected chi connectivity index (χ4v) is 3.28. The molecular formula is C20H30F2N2O2. The SMILES string of the molecule is Cc1ccc(C[C@@](C)(C(=O)OC(C)(C)C)N2CCN[C@@H](C)C2)c(F)c1F. The first-order chi connectivity index (χ1) is 11.9. The normalized spacial score (nSPS) is 21.3. The molecule has 1 heterocycles. The number of benzene rings is 1. The summed E-state index contributed by atoms with van der Waals surface area (Å²) in [6.45, 7) is 12.7. The van der Waals surface area contributed by atoms with Crippen LogP contribution in [-0.2, 0) is 16.0 Å². The Bertz CT molecular complexity index is 673. The van der Waals surface area contributed by atoms with Crippen LogP contribution in [0.15, 0.2) is 12.1 Å². The number of ether oxygens (including phenoxy) is 1. The summed E-state index contributed by atoms with van der Waals surface area (Å²) in [7, 11) is 0. The number of hydrogen-bond donors (Lipinski definition) is 1. The van der Waals surface area contributed by atoms with Crippen molar-refractivity contribution in [1.29, 1.82) is 0 Å². The number of piperazine rings is 1. The summed E-state index contributed by atoms with van der Waals surface area (Å²) < 4.78 is 34.1. The Kier molecular flexibility index (Phi) is 6.08. The molecule has 1 saturated heterocycles. The maximum atomic E-state index is 14.5. The van der Waals surface area contributed by atoms with Gasteiger partial charge in [-0.1, -0.05) is 12.1 Å². The quantitative estimate of drug-likeness (QED) is 0.829. The minimum absolute atomic E-state index is 0.0532. The summed E-state index contributed by atoms with van der Waals surface area (Å²) >= 11 is 0. The zero-order valence-electron chi connectivity index (χ0n) is 16.6. The third-order valence-electron chi connectivity index (χ3n) is 4.80. The van der Waals surface area contributed by atoms with E-state index in [-0.39, 0.29) is 23.6 Å². The van der Waals surface area contributed by atoms with E-state index in [4.69, 9.17) is 4.74 Å². The van der Waals surface area contributed by atoms with Crippen LogP contribution in [0.1, 0.15) is 45.7 Å². The van der Waals surface area contributed by atoms with Crippen molar-refractivity contribution in [3.8, 4) is 0 Å². The highest BCUT2D eigenvalue weighted by molar-refractivity contribution is 5.81. The molecule has 0 aromatic heterocycles. The molecule has 4 nitrogen and oxygen atoms in total. The number of carbonyl (C=O) groups is 1. The molecule has 0 bridgehead atoms. The Hall–Kier alpha value is -1.53. The number of hydrogen-bond acceptors (Lipinski definition) is 4. The third kappa shape index (κ3) is 4.60. The smallest absolute Gasteiger partial charge is 0.327 e. The number of nitrogens with one attached hydrogen (secondary N) is 1. The van der Waals surface area contributed by atoms with E-state index in [1.54, 1.807) is 39.8 Å². The van der Waals surface area contributed by atoms with Crippen molar-refractivity contribution in [3.05, 3.63) is 34.9 Å². The third-order valence-corrected chi connectivity index (χ3v) is 4.80. The standard InChI is InChI=1S/C20H30F2N2O2/c1-13-7-8-15(17(22)16(13)21)11-20(6,18(25)26-19(3,4)5)24-10-9-23-14(2)12-24/h7-8,14,23H,9-12H2,1-6H3/t14-,20-/m0/s1. The van der Waals surface area contributed by atoms with Crippen molar-refractivity contribution in [1.82, 2.24) is 10.2 Å². The van der Waals surface area contributed by atoms with Crippen molar-refractivity contribution < 1.29 is 18.3 Å². The number of carbonyl (C=O) groups excluding carboxylic acids is 1. The fourth-order valence-electron chi connectivity index (χ4n) is 3.28. The van der Waals surface area contributed by atoms with Gasteiger partial charge < -0.3 is 10.1 Å². The van der Waals surface area contributed by atoms with Gasteiger partial charge in [0.1, 0.15) is 11.1 Å². The second kappa shape index (κ2) is 7.61. The first kappa shape index (κ1) is 20.8. The highest BCUT2D eigenvalue weighted by Gasteiger charge is 2.44. The molecule has 1 aliphatic rings. The van der Waals surface area contributed by atoms with Crippen LogP contribution in [0, 0.1) is 18.6 Å². The lowest BCUT2D eigenvalue weighted by atomic mass is 9.88. The summed E-state index contributed by atoms with van der Waals surface area (Å²) in [5.41, 5.74) is -1.30. The maximum absolute atomic E-state index is 14.5. The zero-order chi connectivity index (χ0) is 19.7. The van der Waals surface area contributed by atoms with E-state index in [1.807, 2.05) is 11.8 Å². The van der Waals surface area contributed by atoms with Crippen molar-refractivity contribution in [2.24, 2.45) is 0 Å². The van der Waals surface area contributed by atoms with Crippen LogP contribution in [0.4, 0.5) is 8.78 Å². The van der Waals surface area contributed by atoms with E-state index in [9.17, 15) is 13.6 Å². The molecule has 0 aliphatic carbocycles. The number of rotatable bonds is 4. The molecule has 1 N–H and O–H groups in total. The average Bonchev–Trinajstić information content (AvgIpc) is 2.53. The number of esters is 1. The minimum Gasteiger partial charge on any atom is -0.459 e. The van der Waals surface area contributed by atoms with Crippen molar-refractivity contribution in [2.75, 3.05) is 19.6 Å². The van der Waals surface area contributed by atoms with Gasteiger partial charge in [-0.2, -0.15) is 0 Å². The van der Waals surface area contributed by atoms with E-state index in [0.717, 1.165) is 6.54 Å². The first-order valence-electron chi connectivity index (χ1n) is 9.09. The molecule has 26 heavy (non-hydrogen) atoms. The molecule has 146 valence electrons. The lowest BCUT2D eigenvalue weighted by molar-refractivity contribution is -0.170. The van der Waals surface area contributed by atoms with Crippen molar-refractivity contribution >= 4 is 5.97 Å². The Morgan fingerprint density at radius 1 is 1.27 bits per heavy atom. The van der Waals surface area contributed by atoms with E-state index in [2.05, 4.69) is 5.32 Å². The highest BCUT2D eigenvalue weighted by Crippen LogP contribution is 2.28. The number of aryl methyl sites for hydroxylation is 1. The lowest BCUT2D eigenvalue weighted by Crippen LogP contribution is -2.63. The molecule has 0 unspecified atom stereocenters. The van der Waals surface area contributed by atoms with Gasteiger partial charge in [-0.25, -0.2) is 8.78 Å².